The van der Waals surface area contributed by atoms with Gasteiger partial charge in [0, 0.05) is 25.5 Å². The van der Waals surface area contributed by atoms with Gasteiger partial charge < -0.3 is 9.84 Å². The molecule has 0 atom stereocenters. The van der Waals surface area contributed by atoms with Crippen LogP contribution in [0.5, 0.6) is 0 Å². The number of sulfonamides is 1. The highest BCUT2D eigenvalue weighted by Crippen LogP contribution is 2.19. The van der Waals surface area contributed by atoms with Gasteiger partial charge in [0.15, 0.2) is 0 Å². The van der Waals surface area contributed by atoms with E-state index in [9.17, 15) is 8.42 Å². The number of aliphatic hydroxyl groups is 1. The second-order valence-electron chi connectivity index (χ2n) is 4.63. The fourth-order valence-electron chi connectivity index (χ4n) is 2.10. The van der Waals surface area contributed by atoms with Crippen LogP contribution in [0.1, 0.15) is 18.4 Å². The standard InChI is InChI=1S/C13H19NO4S/c15-8-5-11-1-3-12(4-2-11)14-19(16,17)13-6-9-18-10-7-13/h1-4,13-15H,5-10H2. The maximum absolute atomic E-state index is 12.2. The lowest BCUT2D eigenvalue weighted by Crippen LogP contribution is -2.33. The van der Waals surface area contributed by atoms with Crippen molar-refractivity contribution >= 4 is 15.7 Å². The first-order valence-electron chi connectivity index (χ1n) is 6.41. The lowest BCUT2D eigenvalue weighted by molar-refractivity contribution is 0.0984. The van der Waals surface area contributed by atoms with E-state index in [4.69, 9.17) is 9.84 Å². The van der Waals surface area contributed by atoms with Crippen molar-refractivity contribution in [1.82, 2.24) is 0 Å². The third-order valence-electron chi connectivity index (χ3n) is 3.22. The van der Waals surface area contributed by atoms with Gasteiger partial charge in [-0.25, -0.2) is 8.42 Å². The molecule has 0 radical (unpaired) electrons. The van der Waals surface area contributed by atoms with E-state index >= 15 is 0 Å². The van der Waals surface area contributed by atoms with Gasteiger partial charge in [-0.3, -0.25) is 4.72 Å². The minimum Gasteiger partial charge on any atom is -0.396 e. The summed E-state index contributed by atoms with van der Waals surface area (Å²) in [5, 5.41) is 8.45. The second-order valence-corrected chi connectivity index (χ2v) is 6.59. The van der Waals surface area contributed by atoms with Gasteiger partial charge in [0.1, 0.15) is 0 Å². The Morgan fingerprint density at radius 2 is 1.84 bits per heavy atom. The zero-order valence-corrected chi connectivity index (χ0v) is 11.5. The zero-order chi connectivity index (χ0) is 13.7. The first kappa shape index (κ1) is 14.3. The Kier molecular flexibility index (Phi) is 4.79. The molecule has 1 aromatic carbocycles. The molecular formula is C13H19NO4S. The Labute approximate surface area is 113 Å². The summed E-state index contributed by atoms with van der Waals surface area (Å²) in [6, 6.07) is 7.08. The molecule has 0 unspecified atom stereocenters. The average molecular weight is 285 g/mol. The third kappa shape index (κ3) is 3.92. The number of aliphatic hydroxyl groups excluding tert-OH is 1. The average Bonchev–Trinajstić information content (AvgIpc) is 2.42. The minimum atomic E-state index is -3.34. The molecule has 2 N–H and O–H groups in total. The van der Waals surface area contributed by atoms with E-state index < -0.39 is 10.0 Å². The van der Waals surface area contributed by atoms with Crippen molar-refractivity contribution in [2.45, 2.75) is 24.5 Å². The highest BCUT2D eigenvalue weighted by Gasteiger charge is 2.27. The van der Waals surface area contributed by atoms with E-state index in [1.807, 2.05) is 12.1 Å². The number of ether oxygens (including phenoxy) is 1. The van der Waals surface area contributed by atoms with Gasteiger partial charge >= 0.3 is 0 Å². The van der Waals surface area contributed by atoms with Crippen molar-refractivity contribution in [2.75, 3.05) is 24.5 Å². The van der Waals surface area contributed by atoms with Crippen molar-refractivity contribution in [1.29, 1.82) is 0 Å². The first-order valence-corrected chi connectivity index (χ1v) is 7.95. The molecule has 1 heterocycles. The van der Waals surface area contributed by atoms with E-state index in [-0.39, 0.29) is 11.9 Å². The Balaban J connectivity index is 2.02. The number of hydrogen-bond donors (Lipinski definition) is 2. The van der Waals surface area contributed by atoms with E-state index in [1.165, 1.54) is 0 Å². The van der Waals surface area contributed by atoms with Gasteiger partial charge in [-0.15, -0.1) is 0 Å². The number of nitrogens with one attached hydrogen (secondary N) is 1. The molecular weight excluding hydrogens is 266 g/mol. The maximum Gasteiger partial charge on any atom is 0.235 e. The maximum atomic E-state index is 12.2. The van der Waals surface area contributed by atoms with Crippen molar-refractivity contribution in [2.24, 2.45) is 0 Å². The number of hydrogen-bond acceptors (Lipinski definition) is 4. The largest absolute Gasteiger partial charge is 0.396 e. The molecule has 1 fully saturated rings. The minimum absolute atomic E-state index is 0.0904. The third-order valence-corrected chi connectivity index (χ3v) is 5.09. The second kappa shape index (κ2) is 6.36. The summed E-state index contributed by atoms with van der Waals surface area (Å²) in [6.07, 6.45) is 1.66. The van der Waals surface area contributed by atoms with E-state index in [0.717, 1.165) is 5.56 Å². The molecule has 0 saturated carbocycles. The van der Waals surface area contributed by atoms with Gasteiger partial charge in [0.05, 0.1) is 5.25 Å². The Morgan fingerprint density at radius 1 is 1.21 bits per heavy atom. The number of benzene rings is 1. The van der Waals surface area contributed by atoms with E-state index in [1.54, 1.807) is 12.1 Å². The summed E-state index contributed by atoms with van der Waals surface area (Å²) in [6.45, 7) is 1.09. The Morgan fingerprint density at radius 3 is 2.42 bits per heavy atom. The van der Waals surface area contributed by atoms with E-state index in [2.05, 4.69) is 4.72 Å². The Hall–Kier alpha value is -1.11. The lowest BCUT2D eigenvalue weighted by atomic mass is 10.1. The van der Waals surface area contributed by atoms with E-state index in [0.29, 0.717) is 38.2 Å². The molecule has 19 heavy (non-hydrogen) atoms. The van der Waals surface area contributed by atoms with Crippen LogP contribution in [0.2, 0.25) is 0 Å². The lowest BCUT2D eigenvalue weighted by Gasteiger charge is -2.22. The van der Waals surface area contributed by atoms with Crippen LogP contribution in [-0.4, -0.2) is 38.6 Å². The molecule has 1 aromatic rings. The molecule has 0 amide bonds. The summed E-state index contributed by atoms with van der Waals surface area (Å²) < 4.78 is 32.1. The molecule has 5 nitrogen and oxygen atoms in total. The normalized spacial score (nSPS) is 17.3. The van der Waals surface area contributed by atoms with Crippen molar-refractivity contribution in [3.63, 3.8) is 0 Å². The van der Waals surface area contributed by atoms with Gasteiger partial charge in [-0.2, -0.15) is 0 Å². The number of rotatable bonds is 5. The fraction of sp³-hybridized carbons (Fsp3) is 0.538. The summed E-state index contributed by atoms with van der Waals surface area (Å²) in [5.41, 5.74) is 1.55. The van der Waals surface area contributed by atoms with Crippen LogP contribution in [0.3, 0.4) is 0 Å². The van der Waals surface area contributed by atoms with Crippen LogP contribution in [0.25, 0.3) is 0 Å². The van der Waals surface area contributed by atoms with Crippen molar-refractivity contribution in [3.05, 3.63) is 29.8 Å². The van der Waals surface area contributed by atoms with Crippen LogP contribution in [0, 0.1) is 0 Å². The SMILES string of the molecule is O=S(=O)(Nc1ccc(CCO)cc1)C1CCOCC1. The molecule has 0 aliphatic carbocycles. The summed E-state index contributed by atoms with van der Waals surface area (Å²) in [5.74, 6) is 0. The molecule has 0 bridgehead atoms. The predicted octanol–water partition coefficient (Wildman–Crippen LogP) is 1.14. The summed E-state index contributed by atoms with van der Waals surface area (Å²) >= 11 is 0. The molecule has 1 aliphatic rings. The monoisotopic (exact) mass is 285 g/mol. The summed E-state index contributed by atoms with van der Waals surface area (Å²) in [7, 11) is -3.34. The first-order chi connectivity index (χ1) is 9.12. The summed E-state index contributed by atoms with van der Waals surface area (Å²) in [4.78, 5) is 0. The molecule has 106 valence electrons. The van der Waals surface area contributed by atoms with Crippen molar-refractivity contribution < 1.29 is 18.3 Å². The van der Waals surface area contributed by atoms with Crippen molar-refractivity contribution in [3.8, 4) is 0 Å². The molecule has 6 heteroatoms. The Bertz CT molecular complexity index is 492. The zero-order valence-electron chi connectivity index (χ0n) is 10.7. The van der Waals surface area contributed by atoms with Crippen LogP contribution in [-0.2, 0) is 21.2 Å². The topological polar surface area (TPSA) is 75.6 Å². The van der Waals surface area contributed by atoms with Crippen LogP contribution >= 0.6 is 0 Å². The quantitative estimate of drug-likeness (QED) is 0.850. The molecule has 0 aromatic heterocycles. The van der Waals surface area contributed by atoms with Gasteiger partial charge in [0.25, 0.3) is 0 Å². The van der Waals surface area contributed by atoms with Crippen LogP contribution in [0.4, 0.5) is 5.69 Å². The smallest absolute Gasteiger partial charge is 0.235 e. The molecule has 1 saturated heterocycles. The van der Waals surface area contributed by atoms with Crippen LogP contribution < -0.4 is 4.72 Å². The molecule has 1 aliphatic heterocycles. The van der Waals surface area contributed by atoms with Crippen LogP contribution in [0.15, 0.2) is 24.3 Å². The predicted molar refractivity (Wildman–Crippen MR) is 73.6 cm³/mol. The fourth-order valence-corrected chi connectivity index (χ4v) is 3.55. The highest BCUT2D eigenvalue weighted by molar-refractivity contribution is 7.93. The van der Waals surface area contributed by atoms with Gasteiger partial charge in [0.2, 0.25) is 10.0 Å². The highest BCUT2D eigenvalue weighted by atomic mass is 32.2. The molecule has 0 spiro atoms. The molecule has 2 rings (SSSR count). The van der Waals surface area contributed by atoms with Gasteiger partial charge in [-0.1, -0.05) is 12.1 Å². The number of anilines is 1. The van der Waals surface area contributed by atoms with Gasteiger partial charge in [-0.05, 0) is 37.0 Å².